The Hall–Kier alpha value is -1.07. The minimum absolute atomic E-state index is 0. The molecule has 1 amide bonds. The Labute approximate surface area is 147 Å². The number of fused-ring (bicyclic) bond motifs is 1. The number of nitrogens with one attached hydrogen (secondary N) is 2. The van der Waals surface area contributed by atoms with Crippen LogP contribution in [0.3, 0.4) is 0 Å². The normalized spacial score (nSPS) is 11.2. The predicted octanol–water partition coefficient (Wildman–Crippen LogP) is 3.46. The Bertz CT molecular complexity index is 622. The zero-order valence-electron chi connectivity index (χ0n) is 12.4. The molecule has 1 atom stereocenters. The summed E-state index contributed by atoms with van der Waals surface area (Å²) in [5.74, 6) is -0.170. The number of likely N-dealkylation sites (N-methyl/N-ethyl adjacent to an activating group) is 1. The van der Waals surface area contributed by atoms with Gasteiger partial charge in [0.05, 0.1) is 5.52 Å². The highest BCUT2D eigenvalue weighted by atomic mass is 35.5. The Morgan fingerprint density at radius 3 is 2.64 bits per heavy atom. The Morgan fingerprint density at radius 2 is 1.95 bits per heavy atom. The van der Waals surface area contributed by atoms with Gasteiger partial charge in [-0.15, -0.1) is 24.8 Å². The molecule has 4 nitrogen and oxygen atoms in total. The lowest BCUT2D eigenvalue weighted by Gasteiger charge is -2.13. The van der Waals surface area contributed by atoms with Crippen LogP contribution in [0, 0.1) is 0 Å². The molecular weight excluding hydrogens is 345 g/mol. The van der Waals surface area contributed by atoms with Gasteiger partial charge in [-0.2, -0.15) is 0 Å². The highest BCUT2D eigenvalue weighted by Crippen LogP contribution is 2.17. The number of benzene rings is 1. The minimum atomic E-state index is -0.170. The SMILES string of the molecule is CCN[C@H](C)CNC(=O)c1ccc2ccc(Cl)cc2n1.Cl.Cl. The van der Waals surface area contributed by atoms with E-state index in [1.54, 1.807) is 12.1 Å². The van der Waals surface area contributed by atoms with Crippen molar-refractivity contribution in [2.24, 2.45) is 0 Å². The van der Waals surface area contributed by atoms with Crippen LogP contribution in [-0.2, 0) is 0 Å². The van der Waals surface area contributed by atoms with E-state index in [9.17, 15) is 4.79 Å². The summed E-state index contributed by atoms with van der Waals surface area (Å²) in [5, 5.41) is 7.68. The summed E-state index contributed by atoms with van der Waals surface area (Å²) in [6.07, 6.45) is 0. The van der Waals surface area contributed by atoms with Gasteiger partial charge in [-0.3, -0.25) is 4.79 Å². The molecule has 0 aliphatic rings. The zero-order chi connectivity index (χ0) is 14.5. The second-order valence-corrected chi connectivity index (χ2v) is 5.14. The van der Waals surface area contributed by atoms with Crippen molar-refractivity contribution in [3.8, 4) is 0 Å². The fraction of sp³-hybridized carbons (Fsp3) is 0.333. The highest BCUT2D eigenvalue weighted by Gasteiger charge is 2.09. The number of aromatic nitrogens is 1. The van der Waals surface area contributed by atoms with Gasteiger partial charge >= 0.3 is 0 Å². The Morgan fingerprint density at radius 1 is 1.27 bits per heavy atom. The summed E-state index contributed by atoms with van der Waals surface area (Å²) in [4.78, 5) is 16.4. The molecule has 1 aromatic heterocycles. The van der Waals surface area contributed by atoms with Crippen LogP contribution in [0.1, 0.15) is 24.3 Å². The topological polar surface area (TPSA) is 54.0 Å². The average molecular weight is 365 g/mol. The molecule has 2 rings (SSSR count). The second kappa shape index (κ2) is 9.85. The van der Waals surface area contributed by atoms with E-state index in [0.717, 1.165) is 17.4 Å². The van der Waals surface area contributed by atoms with E-state index in [4.69, 9.17) is 11.6 Å². The van der Waals surface area contributed by atoms with Gasteiger partial charge in [0.1, 0.15) is 5.69 Å². The minimum Gasteiger partial charge on any atom is -0.349 e. The van der Waals surface area contributed by atoms with Crippen molar-refractivity contribution in [3.05, 3.63) is 41.0 Å². The third-order valence-corrected chi connectivity index (χ3v) is 3.24. The van der Waals surface area contributed by atoms with Crippen molar-refractivity contribution in [2.45, 2.75) is 19.9 Å². The first-order valence-electron chi connectivity index (χ1n) is 6.68. The molecule has 122 valence electrons. The van der Waals surface area contributed by atoms with Crippen LogP contribution in [0.25, 0.3) is 10.9 Å². The number of amides is 1. The van der Waals surface area contributed by atoms with Crippen molar-refractivity contribution < 1.29 is 4.79 Å². The van der Waals surface area contributed by atoms with E-state index in [1.165, 1.54) is 0 Å². The molecule has 0 aliphatic carbocycles. The third-order valence-electron chi connectivity index (χ3n) is 3.01. The largest absolute Gasteiger partial charge is 0.349 e. The standard InChI is InChI=1S/C15H18ClN3O.2ClH/c1-3-17-10(2)9-18-15(20)13-7-5-11-4-6-12(16)8-14(11)19-13;;/h4-8,10,17H,3,9H2,1-2H3,(H,18,20);2*1H/t10-;;/m1../s1. The molecule has 2 N–H and O–H groups in total. The number of carbonyl (C=O) groups is 1. The maximum atomic E-state index is 12.0. The quantitative estimate of drug-likeness (QED) is 0.854. The molecule has 0 aliphatic heterocycles. The monoisotopic (exact) mass is 363 g/mol. The summed E-state index contributed by atoms with van der Waals surface area (Å²) in [5.41, 5.74) is 1.13. The molecule has 22 heavy (non-hydrogen) atoms. The van der Waals surface area contributed by atoms with Crippen molar-refractivity contribution in [2.75, 3.05) is 13.1 Å². The molecule has 0 bridgehead atoms. The van der Waals surface area contributed by atoms with Gasteiger partial charge in [-0.25, -0.2) is 4.98 Å². The lowest BCUT2D eigenvalue weighted by Crippen LogP contribution is -2.39. The first kappa shape index (κ1) is 20.9. The maximum absolute atomic E-state index is 12.0. The summed E-state index contributed by atoms with van der Waals surface area (Å²) >= 11 is 5.94. The summed E-state index contributed by atoms with van der Waals surface area (Å²) in [6, 6.07) is 9.29. The smallest absolute Gasteiger partial charge is 0.269 e. The number of halogens is 3. The van der Waals surface area contributed by atoms with Crippen LogP contribution < -0.4 is 10.6 Å². The van der Waals surface area contributed by atoms with E-state index in [2.05, 4.69) is 15.6 Å². The number of hydrogen-bond donors (Lipinski definition) is 2. The van der Waals surface area contributed by atoms with Gasteiger partial charge in [-0.05, 0) is 31.7 Å². The van der Waals surface area contributed by atoms with E-state index >= 15 is 0 Å². The van der Waals surface area contributed by atoms with Crippen LogP contribution in [0.15, 0.2) is 30.3 Å². The molecule has 0 radical (unpaired) electrons. The van der Waals surface area contributed by atoms with Gasteiger partial charge in [0.15, 0.2) is 0 Å². The number of rotatable bonds is 5. The molecule has 2 aromatic rings. The van der Waals surface area contributed by atoms with E-state index in [0.29, 0.717) is 17.3 Å². The molecule has 1 aromatic carbocycles. The number of hydrogen-bond acceptors (Lipinski definition) is 3. The molecule has 0 spiro atoms. The summed E-state index contributed by atoms with van der Waals surface area (Å²) in [6.45, 7) is 5.51. The molecular formula is C15H20Cl3N3O. The van der Waals surface area contributed by atoms with Crippen LogP contribution in [-0.4, -0.2) is 30.0 Å². The van der Waals surface area contributed by atoms with E-state index in [1.807, 2.05) is 32.0 Å². The fourth-order valence-corrected chi connectivity index (χ4v) is 2.14. The molecule has 7 heteroatoms. The molecule has 0 saturated carbocycles. The maximum Gasteiger partial charge on any atom is 0.269 e. The van der Waals surface area contributed by atoms with Crippen LogP contribution in [0.2, 0.25) is 5.02 Å². The van der Waals surface area contributed by atoms with Gasteiger partial charge < -0.3 is 10.6 Å². The summed E-state index contributed by atoms with van der Waals surface area (Å²) < 4.78 is 0. The molecule has 0 fully saturated rings. The second-order valence-electron chi connectivity index (χ2n) is 4.70. The molecule has 1 heterocycles. The first-order chi connectivity index (χ1) is 9.60. The zero-order valence-corrected chi connectivity index (χ0v) is 14.8. The van der Waals surface area contributed by atoms with Gasteiger partial charge in [0, 0.05) is 23.0 Å². The number of pyridine rings is 1. The lowest BCUT2D eigenvalue weighted by atomic mass is 10.2. The Kier molecular flexibility index (Phi) is 9.37. The number of carbonyl (C=O) groups excluding carboxylic acids is 1. The lowest BCUT2D eigenvalue weighted by molar-refractivity contribution is 0.0945. The molecule has 0 unspecified atom stereocenters. The number of nitrogens with zero attached hydrogens (tertiary/aromatic N) is 1. The first-order valence-corrected chi connectivity index (χ1v) is 7.06. The van der Waals surface area contributed by atoms with Crippen molar-refractivity contribution in [1.29, 1.82) is 0 Å². The van der Waals surface area contributed by atoms with Crippen LogP contribution in [0.5, 0.6) is 0 Å². The average Bonchev–Trinajstić information content (AvgIpc) is 2.44. The highest BCUT2D eigenvalue weighted by molar-refractivity contribution is 6.31. The van der Waals surface area contributed by atoms with E-state index < -0.39 is 0 Å². The van der Waals surface area contributed by atoms with Crippen LogP contribution >= 0.6 is 36.4 Å². The van der Waals surface area contributed by atoms with Crippen LogP contribution in [0.4, 0.5) is 0 Å². The fourth-order valence-electron chi connectivity index (χ4n) is 1.97. The predicted molar refractivity (Wildman–Crippen MR) is 96.7 cm³/mol. The Balaban J connectivity index is 0.00000220. The van der Waals surface area contributed by atoms with Gasteiger partial charge in [-0.1, -0.05) is 30.7 Å². The van der Waals surface area contributed by atoms with Crippen molar-refractivity contribution in [3.63, 3.8) is 0 Å². The van der Waals surface area contributed by atoms with Gasteiger partial charge in [0.25, 0.3) is 5.91 Å². The van der Waals surface area contributed by atoms with Crippen molar-refractivity contribution >= 4 is 53.2 Å². The molecule has 0 saturated heterocycles. The van der Waals surface area contributed by atoms with Gasteiger partial charge in [0.2, 0.25) is 0 Å². The third kappa shape index (κ3) is 5.61. The van der Waals surface area contributed by atoms with Crippen molar-refractivity contribution in [1.82, 2.24) is 15.6 Å². The summed E-state index contributed by atoms with van der Waals surface area (Å²) in [7, 11) is 0. The van der Waals surface area contributed by atoms with E-state index in [-0.39, 0.29) is 36.8 Å².